The van der Waals surface area contributed by atoms with E-state index in [-0.39, 0.29) is 17.7 Å². The fourth-order valence-electron chi connectivity index (χ4n) is 1.63. The van der Waals surface area contributed by atoms with Crippen molar-refractivity contribution in [2.45, 2.75) is 12.5 Å². The van der Waals surface area contributed by atoms with Crippen LogP contribution in [-0.4, -0.2) is 28.2 Å². The number of para-hydroxylation sites is 1. The van der Waals surface area contributed by atoms with Crippen molar-refractivity contribution in [3.8, 4) is 0 Å². The zero-order valence-electron chi connectivity index (χ0n) is 10.5. The molecule has 0 aliphatic carbocycles. The normalized spacial score (nSPS) is 11.5. The highest BCUT2D eigenvalue weighted by Crippen LogP contribution is 2.14. The Hall–Kier alpha value is -1.32. The predicted molar refractivity (Wildman–Crippen MR) is 79.1 cm³/mol. The summed E-state index contributed by atoms with van der Waals surface area (Å²) in [5.41, 5.74) is 0.516. The molecule has 100 valence electrons. The molecule has 0 bridgehead atoms. The van der Waals surface area contributed by atoms with E-state index in [1.54, 1.807) is 13.0 Å². The molecule has 1 heterocycles. The van der Waals surface area contributed by atoms with E-state index in [4.69, 9.17) is 23.2 Å². The van der Waals surface area contributed by atoms with Crippen LogP contribution in [0.25, 0.3) is 10.9 Å². The molecule has 1 amide bonds. The summed E-state index contributed by atoms with van der Waals surface area (Å²) in [5.74, 6) is 0.223. The minimum Gasteiger partial charge on any atom is -0.343 e. The standard InChI is InChI=1S/C14H14Cl2N2O/c1-14(8-15,9-16)18-13(19)12-7-6-10-4-2-3-5-11(10)17-12/h2-7H,8-9H2,1H3,(H,18,19). The molecule has 5 heteroatoms. The number of aromatic nitrogens is 1. The van der Waals surface area contributed by atoms with Crippen LogP contribution in [0.15, 0.2) is 36.4 Å². The molecule has 0 radical (unpaired) electrons. The van der Waals surface area contributed by atoms with E-state index < -0.39 is 5.54 Å². The van der Waals surface area contributed by atoms with Crippen molar-refractivity contribution in [1.29, 1.82) is 0 Å². The second-order valence-corrected chi connectivity index (χ2v) is 5.21. The van der Waals surface area contributed by atoms with Crippen LogP contribution in [0.4, 0.5) is 0 Å². The van der Waals surface area contributed by atoms with Crippen molar-refractivity contribution in [3.05, 3.63) is 42.1 Å². The highest BCUT2D eigenvalue weighted by Gasteiger charge is 2.25. The van der Waals surface area contributed by atoms with Crippen molar-refractivity contribution < 1.29 is 4.79 Å². The molecule has 0 saturated heterocycles. The largest absolute Gasteiger partial charge is 0.343 e. The maximum Gasteiger partial charge on any atom is 0.270 e. The van der Waals surface area contributed by atoms with Gasteiger partial charge in [-0.05, 0) is 19.1 Å². The zero-order chi connectivity index (χ0) is 13.9. The number of alkyl halides is 2. The number of carbonyl (C=O) groups is 1. The summed E-state index contributed by atoms with van der Waals surface area (Å²) in [4.78, 5) is 16.5. The van der Waals surface area contributed by atoms with Gasteiger partial charge < -0.3 is 5.32 Å². The third-order valence-corrected chi connectivity index (χ3v) is 4.02. The van der Waals surface area contributed by atoms with Gasteiger partial charge in [0.05, 0.1) is 11.1 Å². The number of rotatable bonds is 4. The maximum absolute atomic E-state index is 12.1. The lowest BCUT2D eigenvalue weighted by atomic mass is 10.1. The average molecular weight is 297 g/mol. The second kappa shape index (κ2) is 5.76. The molecule has 0 aliphatic heterocycles. The Bertz CT molecular complexity index is 597. The number of nitrogens with zero attached hydrogens (tertiary/aromatic N) is 1. The van der Waals surface area contributed by atoms with Gasteiger partial charge in [-0.3, -0.25) is 4.79 Å². The van der Waals surface area contributed by atoms with Crippen LogP contribution in [0, 0.1) is 0 Å². The number of hydrogen-bond donors (Lipinski definition) is 1. The number of carbonyl (C=O) groups excluding carboxylic acids is 1. The summed E-state index contributed by atoms with van der Waals surface area (Å²) in [5, 5.41) is 3.81. The van der Waals surface area contributed by atoms with E-state index in [9.17, 15) is 4.79 Å². The molecular formula is C14H14Cl2N2O. The molecular weight excluding hydrogens is 283 g/mol. The van der Waals surface area contributed by atoms with Gasteiger partial charge in [0.15, 0.2) is 0 Å². The fraction of sp³-hybridized carbons (Fsp3) is 0.286. The summed E-state index contributed by atoms with van der Waals surface area (Å²) in [6.45, 7) is 1.80. The monoisotopic (exact) mass is 296 g/mol. The number of halogens is 2. The van der Waals surface area contributed by atoms with Gasteiger partial charge in [-0.25, -0.2) is 4.98 Å². The summed E-state index contributed by atoms with van der Waals surface area (Å²) >= 11 is 11.6. The second-order valence-electron chi connectivity index (χ2n) is 4.67. The minimum absolute atomic E-state index is 0.246. The number of hydrogen-bond acceptors (Lipinski definition) is 2. The van der Waals surface area contributed by atoms with Crippen LogP contribution in [0.1, 0.15) is 17.4 Å². The van der Waals surface area contributed by atoms with E-state index in [2.05, 4.69) is 10.3 Å². The number of nitrogens with one attached hydrogen (secondary N) is 1. The molecule has 2 rings (SSSR count). The highest BCUT2D eigenvalue weighted by atomic mass is 35.5. The average Bonchev–Trinajstić information content (AvgIpc) is 2.46. The first-order chi connectivity index (χ1) is 9.08. The van der Waals surface area contributed by atoms with Gasteiger partial charge in [-0.2, -0.15) is 0 Å². The van der Waals surface area contributed by atoms with Crippen LogP contribution >= 0.6 is 23.2 Å². The first-order valence-electron chi connectivity index (χ1n) is 5.88. The molecule has 2 aromatic rings. The highest BCUT2D eigenvalue weighted by molar-refractivity contribution is 6.22. The molecule has 1 aromatic heterocycles. The van der Waals surface area contributed by atoms with Gasteiger partial charge in [0.1, 0.15) is 5.69 Å². The van der Waals surface area contributed by atoms with Gasteiger partial charge in [-0.1, -0.05) is 24.3 Å². The fourth-order valence-corrected chi connectivity index (χ4v) is 2.05. The van der Waals surface area contributed by atoms with Gasteiger partial charge in [0.2, 0.25) is 0 Å². The van der Waals surface area contributed by atoms with E-state index in [0.717, 1.165) is 10.9 Å². The SMILES string of the molecule is CC(CCl)(CCl)NC(=O)c1ccc2ccccc2n1. The maximum atomic E-state index is 12.1. The molecule has 1 N–H and O–H groups in total. The lowest BCUT2D eigenvalue weighted by Crippen LogP contribution is -2.49. The number of pyridine rings is 1. The topological polar surface area (TPSA) is 42.0 Å². The third kappa shape index (κ3) is 3.17. The minimum atomic E-state index is -0.631. The Morgan fingerprint density at radius 2 is 1.89 bits per heavy atom. The predicted octanol–water partition coefficient (Wildman–Crippen LogP) is 3.20. The van der Waals surface area contributed by atoms with Crippen molar-refractivity contribution in [1.82, 2.24) is 10.3 Å². The molecule has 0 atom stereocenters. The van der Waals surface area contributed by atoms with Crippen LogP contribution in [0.2, 0.25) is 0 Å². The van der Waals surface area contributed by atoms with Crippen LogP contribution < -0.4 is 5.32 Å². The van der Waals surface area contributed by atoms with E-state index in [1.807, 2.05) is 30.3 Å². The summed E-state index contributed by atoms with van der Waals surface area (Å²) in [6, 6.07) is 11.2. The first kappa shape index (κ1) is 14.1. The lowest BCUT2D eigenvalue weighted by Gasteiger charge is -2.25. The Morgan fingerprint density at radius 3 is 2.58 bits per heavy atom. The van der Waals surface area contributed by atoms with E-state index in [1.165, 1.54) is 0 Å². The summed E-state index contributed by atoms with van der Waals surface area (Å²) < 4.78 is 0. The Labute approximate surface area is 121 Å². The Kier molecular flexibility index (Phi) is 4.27. The molecule has 0 fully saturated rings. The number of fused-ring (bicyclic) bond motifs is 1. The van der Waals surface area contributed by atoms with Crippen molar-refractivity contribution in [3.63, 3.8) is 0 Å². The Morgan fingerprint density at radius 1 is 1.21 bits per heavy atom. The summed E-state index contributed by atoms with van der Waals surface area (Å²) in [7, 11) is 0. The van der Waals surface area contributed by atoms with Crippen LogP contribution in [-0.2, 0) is 0 Å². The molecule has 0 spiro atoms. The smallest absolute Gasteiger partial charge is 0.270 e. The van der Waals surface area contributed by atoms with Crippen molar-refractivity contribution >= 4 is 40.0 Å². The van der Waals surface area contributed by atoms with Crippen LogP contribution in [0.3, 0.4) is 0 Å². The number of benzene rings is 1. The van der Waals surface area contributed by atoms with E-state index >= 15 is 0 Å². The molecule has 0 unspecified atom stereocenters. The zero-order valence-corrected chi connectivity index (χ0v) is 12.0. The Balaban J connectivity index is 2.26. The van der Waals surface area contributed by atoms with Gasteiger partial charge in [0.25, 0.3) is 5.91 Å². The lowest BCUT2D eigenvalue weighted by molar-refractivity contribution is 0.0916. The van der Waals surface area contributed by atoms with Gasteiger partial charge in [-0.15, -0.1) is 23.2 Å². The molecule has 3 nitrogen and oxygen atoms in total. The third-order valence-electron chi connectivity index (χ3n) is 2.84. The number of amides is 1. The quantitative estimate of drug-likeness (QED) is 0.881. The van der Waals surface area contributed by atoms with Crippen molar-refractivity contribution in [2.75, 3.05) is 11.8 Å². The molecule has 1 aromatic carbocycles. The van der Waals surface area contributed by atoms with Gasteiger partial charge in [0, 0.05) is 17.1 Å². The van der Waals surface area contributed by atoms with Crippen molar-refractivity contribution in [2.24, 2.45) is 0 Å². The first-order valence-corrected chi connectivity index (χ1v) is 6.95. The van der Waals surface area contributed by atoms with Crippen LogP contribution in [0.5, 0.6) is 0 Å². The molecule has 0 aliphatic rings. The molecule has 19 heavy (non-hydrogen) atoms. The molecule has 0 saturated carbocycles. The van der Waals surface area contributed by atoms with E-state index in [0.29, 0.717) is 5.69 Å². The van der Waals surface area contributed by atoms with Gasteiger partial charge >= 0.3 is 0 Å². The summed E-state index contributed by atoms with van der Waals surface area (Å²) in [6.07, 6.45) is 0.